The van der Waals surface area contributed by atoms with E-state index in [1.165, 1.54) is 12.1 Å². The molecular weight excluding hydrogens is 633 g/mol. The van der Waals surface area contributed by atoms with E-state index in [1.807, 2.05) is 45.0 Å². The summed E-state index contributed by atoms with van der Waals surface area (Å²) >= 11 is 0. The van der Waals surface area contributed by atoms with Crippen LogP contribution in [0.25, 0.3) is 0 Å². The number of para-hydroxylation sites is 2. The Kier molecular flexibility index (Phi) is 13.8. The molecule has 0 spiro atoms. The fraction of sp³-hybridized carbons (Fsp3) is 0.324. The standard InChI is InChI=1S/C33H38FN3O4.C4H4O4/c1-33(2,3)32(40)35-27-15-11-25(12-16-27)31(39)37(28-7-5-6-8-29(28)41-4)22-21-36-19-17-24(18-20-36)30(38)23-9-13-26(34)14-10-23;5-3(6)1-2-4(7)8/h5-16,24H,17-22H2,1-4H3,(H,35,40);1-2H,(H,5,6)(H,7,8). The van der Waals surface area contributed by atoms with Crippen molar-refractivity contribution in [3.8, 4) is 5.75 Å². The van der Waals surface area contributed by atoms with Gasteiger partial charge in [0.1, 0.15) is 11.6 Å². The van der Waals surface area contributed by atoms with Crippen LogP contribution in [0.2, 0.25) is 0 Å². The fourth-order valence-corrected chi connectivity index (χ4v) is 5.01. The van der Waals surface area contributed by atoms with E-state index >= 15 is 0 Å². The Morgan fingerprint density at radius 1 is 0.878 bits per heavy atom. The lowest BCUT2D eigenvalue weighted by Gasteiger charge is -2.33. The van der Waals surface area contributed by atoms with Crippen LogP contribution in [-0.2, 0) is 14.4 Å². The van der Waals surface area contributed by atoms with Crippen LogP contribution >= 0.6 is 0 Å². The van der Waals surface area contributed by atoms with Gasteiger partial charge in [-0.1, -0.05) is 32.9 Å². The fourth-order valence-electron chi connectivity index (χ4n) is 5.01. The zero-order valence-corrected chi connectivity index (χ0v) is 28.0. The van der Waals surface area contributed by atoms with Crippen molar-refractivity contribution in [3.05, 3.63) is 102 Å². The molecule has 0 unspecified atom stereocenters. The van der Waals surface area contributed by atoms with Crippen molar-refractivity contribution in [2.45, 2.75) is 33.6 Å². The number of hydrogen-bond donors (Lipinski definition) is 3. The van der Waals surface area contributed by atoms with Gasteiger partial charge in [-0.3, -0.25) is 14.4 Å². The molecule has 0 saturated carbocycles. The second kappa shape index (κ2) is 17.7. The van der Waals surface area contributed by atoms with Crippen molar-refractivity contribution in [3.63, 3.8) is 0 Å². The number of carboxylic acids is 2. The minimum absolute atomic E-state index is 0.0533. The molecule has 12 heteroatoms. The van der Waals surface area contributed by atoms with Crippen molar-refractivity contribution in [2.75, 3.05) is 43.5 Å². The van der Waals surface area contributed by atoms with Crippen LogP contribution in [0, 0.1) is 17.2 Å². The number of halogens is 1. The van der Waals surface area contributed by atoms with Gasteiger partial charge in [0.25, 0.3) is 5.91 Å². The van der Waals surface area contributed by atoms with Gasteiger partial charge in [-0.15, -0.1) is 0 Å². The van der Waals surface area contributed by atoms with Crippen molar-refractivity contribution < 1.29 is 43.3 Å². The van der Waals surface area contributed by atoms with Gasteiger partial charge in [0.15, 0.2) is 5.78 Å². The lowest BCUT2D eigenvalue weighted by atomic mass is 9.89. The number of amides is 2. The topological polar surface area (TPSA) is 154 Å². The van der Waals surface area contributed by atoms with Crippen LogP contribution in [0.4, 0.5) is 15.8 Å². The number of aliphatic carboxylic acids is 2. The summed E-state index contributed by atoms with van der Waals surface area (Å²) in [6, 6.07) is 20.1. The Labute approximate surface area is 285 Å². The summed E-state index contributed by atoms with van der Waals surface area (Å²) in [6.07, 6.45) is 2.53. The predicted molar refractivity (Wildman–Crippen MR) is 184 cm³/mol. The zero-order valence-electron chi connectivity index (χ0n) is 28.0. The van der Waals surface area contributed by atoms with E-state index < -0.39 is 17.4 Å². The molecule has 1 fully saturated rings. The molecule has 2 amide bonds. The highest BCUT2D eigenvalue weighted by Gasteiger charge is 2.28. The van der Waals surface area contributed by atoms with E-state index in [9.17, 15) is 28.4 Å². The highest BCUT2D eigenvalue weighted by molar-refractivity contribution is 6.07. The largest absolute Gasteiger partial charge is 0.495 e. The number of anilines is 2. The molecule has 49 heavy (non-hydrogen) atoms. The van der Waals surface area contributed by atoms with Crippen LogP contribution in [0.1, 0.15) is 54.3 Å². The monoisotopic (exact) mass is 675 g/mol. The number of methoxy groups -OCH3 is 1. The second-order valence-electron chi connectivity index (χ2n) is 12.4. The molecule has 3 N–H and O–H groups in total. The summed E-state index contributed by atoms with van der Waals surface area (Å²) in [5, 5.41) is 18.5. The molecule has 0 aliphatic carbocycles. The van der Waals surface area contributed by atoms with E-state index in [0.29, 0.717) is 66.3 Å². The van der Waals surface area contributed by atoms with Crippen molar-refractivity contribution in [1.29, 1.82) is 0 Å². The zero-order chi connectivity index (χ0) is 36.1. The Balaban J connectivity index is 0.000000723. The molecule has 1 heterocycles. The molecule has 4 rings (SSSR count). The Morgan fingerprint density at radius 2 is 1.43 bits per heavy atom. The van der Waals surface area contributed by atoms with Crippen LogP contribution in [0.3, 0.4) is 0 Å². The average molecular weight is 676 g/mol. The van der Waals surface area contributed by atoms with E-state index in [2.05, 4.69) is 10.2 Å². The quantitative estimate of drug-likeness (QED) is 0.170. The SMILES string of the molecule is COc1ccccc1N(CCN1CCC(C(=O)c2ccc(F)cc2)CC1)C(=O)c1ccc(NC(=O)C(C)(C)C)cc1.O=C(O)C=CC(=O)O. The summed E-state index contributed by atoms with van der Waals surface area (Å²) in [4.78, 5) is 62.1. The van der Waals surface area contributed by atoms with Gasteiger partial charge in [-0.2, -0.15) is 0 Å². The molecule has 1 saturated heterocycles. The minimum Gasteiger partial charge on any atom is -0.495 e. The van der Waals surface area contributed by atoms with Gasteiger partial charge in [0, 0.05) is 53.4 Å². The van der Waals surface area contributed by atoms with Crippen LogP contribution in [0.5, 0.6) is 5.75 Å². The molecule has 3 aromatic carbocycles. The van der Waals surface area contributed by atoms with Gasteiger partial charge >= 0.3 is 11.9 Å². The second-order valence-corrected chi connectivity index (χ2v) is 12.4. The van der Waals surface area contributed by atoms with Gasteiger partial charge in [0.05, 0.1) is 12.8 Å². The predicted octanol–water partition coefficient (Wildman–Crippen LogP) is 5.77. The molecule has 3 aromatic rings. The summed E-state index contributed by atoms with van der Waals surface area (Å²) in [7, 11) is 1.58. The summed E-state index contributed by atoms with van der Waals surface area (Å²) in [5.74, 6) is -2.59. The molecule has 260 valence electrons. The number of carboxylic acid groups (broad SMARTS) is 2. The number of likely N-dealkylation sites (tertiary alicyclic amines) is 1. The maximum Gasteiger partial charge on any atom is 0.328 e. The number of rotatable bonds is 11. The van der Waals surface area contributed by atoms with Gasteiger partial charge < -0.3 is 30.1 Å². The number of benzene rings is 3. The van der Waals surface area contributed by atoms with E-state index in [4.69, 9.17) is 14.9 Å². The first-order valence-electron chi connectivity index (χ1n) is 15.7. The third-order valence-corrected chi connectivity index (χ3v) is 7.79. The van der Waals surface area contributed by atoms with Gasteiger partial charge in [0.2, 0.25) is 5.91 Å². The lowest BCUT2D eigenvalue weighted by Crippen LogP contribution is -2.43. The first-order chi connectivity index (χ1) is 23.2. The Bertz CT molecular complexity index is 1630. The first kappa shape index (κ1) is 38.1. The number of nitrogens with zero attached hydrogens (tertiary/aromatic N) is 2. The molecule has 11 nitrogen and oxygen atoms in total. The molecule has 0 atom stereocenters. The van der Waals surface area contributed by atoms with Crippen molar-refractivity contribution in [1.82, 2.24) is 4.90 Å². The molecule has 0 bridgehead atoms. The van der Waals surface area contributed by atoms with Crippen molar-refractivity contribution >= 4 is 40.9 Å². The van der Waals surface area contributed by atoms with Crippen molar-refractivity contribution in [2.24, 2.45) is 11.3 Å². The molecule has 1 aliphatic heterocycles. The number of hydrogen-bond acceptors (Lipinski definition) is 7. The van der Waals surface area contributed by atoms with E-state index in [0.717, 1.165) is 13.1 Å². The Morgan fingerprint density at radius 3 is 1.96 bits per heavy atom. The Hall–Kier alpha value is -5.36. The third kappa shape index (κ3) is 11.7. The summed E-state index contributed by atoms with van der Waals surface area (Å²) in [5.41, 5.74) is 1.81. The number of nitrogens with one attached hydrogen (secondary N) is 1. The van der Waals surface area contributed by atoms with E-state index in [1.54, 1.807) is 48.4 Å². The van der Waals surface area contributed by atoms with E-state index in [-0.39, 0.29) is 29.3 Å². The normalized spacial score (nSPS) is 13.6. The maximum absolute atomic E-state index is 13.8. The highest BCUT2D eigenvalue weighted by atomic mass is 19.1. The smallest absolute Gasteiger partial charge is 0.328 e. The lowest BCUT2D eigenvalue weighted by molar-refractivity contribution is -0.134. The number of piperidine rings is 1. The number of Topliss-reactive ketones (excluding diaryl/α,β-unsaturated/α-hetero) is 1. The van der Waals surface area contributed by atoms with Crippen LogP contribution < -0.4 is 15.0 Å². The summed E-state index contributed by atoms with van der Waals surface area (Å²) < 4.78 is 18.8. The third-order valence-electron chi connectivity index (χ3n) is 7.79. The minimum atomic E-state index is -1.26. The number of ketones is 1. The maximum atomic E-state index is 13.8. The van der Waals surface area contributed by atoms with Gasteiger partial charge in [-0.05, 0) is 86.6 Å². The van der Waals surface area contributed by atoms with Crippen LogP contribution in [0.15, 0.2) is 84.9 Å². The molecule has 0 radical (unpaired) electrons. The number of ether oxygens (including phenoxy) is 1. The first-order valence-corrected chi connectivity index (χ1v) is 15.7. The average Bonchev–Trinajstić information content (AvgIpc) is 3.08. The molecular formula is C37H42FN3O8. The van der Waals surface area contributed by atoms with Crippen LogP contribution in [-0.4, -0.2) is 77.9 Å². The number of carbonyl (C=O) groups excluding carboxylic acids is 3. The number of carbonyl (C=O) groups is 5. The van der Waals surface area contributed by atoms with Gasteiger partial charge in [-0.25, -0.2) is 14.0 Å². The summed E-state index contributed by atoms with van der Waals surface area (Å²) in [6.45, 7) is 8.05. The highest BCUT2D eigenvalue weighted by Crippen LogP contribution is 2.30. The molecule has 1 aliphatic rings. The molecule has 0 aromatic heterocycles.